The lowest BCUT2D eigenvalue weighted by Crippen LogP contribution is -2.12. The van der Waals surface area contributed by atoms with Gasteiger partial charge in [-0.1, -0.05) is 0 Å². The Kier molecular flexibility index (Phi) is 4.40. The van der Waals surface area contributed by atoms with Crippen molar-refractivity contribution in [1.29, 1.82) is 0 Å². The molecule has 1 aromatic carbocycles. The molecule has 0 atom stereocenters. The van der Waals surface area contributed by atoms with E-state index < -0.39 is 0 Å². The van der Waals surface area contributed by atoms with Gasteiger partial charge in [0.05, 0.1) is 17.9 Å². The minimum atomic E-state index is -0.147. The molecule has 1 N–H and O–H groups in total. The third kappa shape index (κ3) is 3.17. The van der Waals surface area contributed by atoms with Crippen LogP contribution in [-0.4, -0.2) is 22.3 Å². The fourth-order valence-electron chi connectivity index (χ4n) is 1.90. The van der Waals surface area contributed by atoms with Gasteiger partial charge in [-0.25, -0.2) is 0 Å². The summed E-state index contributed by atoms with van der Waals surface area (Å²) in [7, 11) is 0. The summed E-state index contributed by atoms with van der Waals surface area (Å²) in [5, 5.41) is 7.12. The van der Waals surface area contributed by atoms with Crippen molar-refractivity contribution >= 4 is 11.6 Å². The summed E-state index contributed by atoms with van der Waals surface area (Å²) in [6, 6.07) is 7.31. The number of ether oxygens (including phenoxy) is 1. The van der Waals surface area contributed by atoms with Crippen molar-refractivity contribution in [3.05, 3.63) is 41.7 Å². The summed E-state index contributed by atoms with van der Waals surface area (Å²) in [5.41, 5.74) is 2.07. The van der Waals surface area contributed by atoms with Gasteiger partial charge in [-0.2, -0.15) is 5.10 Å². The molecule has 0 unspecified atom stereocenters. The zero-order valence-corrected chi connectivity index (χ0v) is 12.0. The molecule has 0 bridgehead atoms. The Morgan fingerprint density at radius 1 is 1.30 bits per heavy atom. The first-order valence-electron chi connectivity index (χ1n) is 6.72. The molecule has 0 aliphatic heterocycles. The number of anilines is 1. The Bertz CT molecular complexity index is 588. The van der Waals surface area contributed by atoms with Crippen LogP contribution in [0, 0.1) is 6.92 Å². The summed E-state index contributed by atoms with van der Waals surface area (Å²) < 4.78 is 7.11. The maximum absolute atomic E-state index is 12.2. The van der Waals surface area contributed by atoms with Crippen LogP contribution in [0.4, 0.5) is 5.69 Å². The normalized spacial score (nSPS) is 10.3. The Hall–Kier alpha value is -2.30. The molecule has 0 saturated carbocycles. The van der Waals surface area contributed by atoms with Crippen LogP contribution in [0.15, 0.2) is 30.5 Å². The van der Waals surface area contributed by atoms with E-state index in [1.165, 1.54) is 0 Å². The number of aromatic nitrogens is 2. The number of benzene rings is 1. The van der Waals surface area contributed by atoms with Gasteiger partial charge in [-0.05, 0) is 45.0 Å². The number of rotatable bonds is 5. The summed E-state index contributed by atoms with van der Waals surface area (Å²) in [5.74, 6) is 0.645. The second-order valence-corrected chi connectivity index (χ2v) is 4.40. The fourth-order valence-corrected chi connectivity index (χ4v) is 1.90. The van der Waals surface area contributed by atoms with Gasteiger partial charge in [0.25, 0.3) is 5.91 Å². The van der Waals surface area contributed by atoms with Gasteiger partial charge in [0.2, 0.25) is 0 Å². The second kappa shape index (κ2) is 6.23. The fraction of sp³-hybridized carbons (Fsp3) is 0.333. The van der Waals surface area contributed by atoms with Gasteiger partial charge in [-0.3, -0.25) is 9.48 Å². The molecule has 0 spiro atoms. The molecule has 2 rings (SSSR count). The Balaban J connectivity index is 2.08. The van der Waals surface area contributed by atoms with Gasteiger partial charge in [0.1, 0.15) is 5.75 Å². The van der Waals surface area contributed by atoms with E-state index >= 15 is 0 Å². The van der Waals surface area contributed by atoms with Gasteiger partial charge in [-0.15, -0.1) is 0 Å². The van der Waals surface area contributed by atoms with Crippen molar-refractivity contribution in [2.45, 2.75) is 27.3 Å². The summed E-state index contributed by atoms with van der Waals surface area (Å²) in [4.78, 5) is 12.2. The lowest BCUT2D eigenvalue weighted by atomic mass is 10.2. The first-order valence-corrected chi connectivity index (χ1v) is 6.72. The molecule has 2 aromatic rings. The molecule has 20 heavy (non-hydrogen) atoms. The minimum Gasteiger partial charge on any atom is -0.494 e. The van der Waals surface area contributed by atoms with E-state index in [0.29, 0.717) is 12.2 Å². The summed E-state index contributed by atoms with van der Waals surface area (Å²) in [6.45, 7) is 7.13. The number of carbonyl (C=O) groups is 1. The van der Waals surface area contributed by atoms with Crippen LogP contribution in [0.3, 0.4) is 0 Å². The molecule has 0 aliphatic carbocycles. The van der Waals surface area contributed by atoms with Crippen molar-refractivity contribution in [1.82, 2.24) is 9.78 Å². The zero-order valence-electron chi connectivity index (χ0n) is 12.0. The van der Waals surface area contributed by atoms with Crippen molar-refractivity contribution in [2.24, 2.45) is 0 Å². The highest BCUT2D eigenvalue weighted by Gasteiger charge is 2.13. The van der Waals surface area contributed by atoms with Crippen LogP contribution in [0.25, 0.3) is 0 Å². The van der Waals surface area contributed by atoms with Gasteiger partial charge in [0.15, 0.2) is 0 Å². The minimum absolute atomic E-state index is 0.147. The van der Waals surface area contributed by atoms with E-state index in [0.717, 1.165) is 23.7 Å². The van der Waals surface area contributed by atoms with Crippen LogP contribution in [0.5, 0.6) is 5.75 Å². The van der Waals surface area contributed by atoms with Crippen LogP contribution >= 0.6 is 0 Å². The van der Waals surface area contributed by atoms with E-state index in [1.54, 1.807) is 10.9 Å². The van der Waals surface area contributed by atoms with E-state index in [9.17, 15) is 4.79 Å². The second-order valence-electron chi connectivity index (χ2n) is 4.40. The van der Waals surface area contributed by atoms with E-state index in [1.807, 2.05) is 45.0 Å². The molecule has 0 radical (unpaired) electrons. The number of nitrogens with one attached hydrogen (secondary N) is 1. The van der Waals surface area contributed by atoms with E-state index in [2.05, 4.69) is 10.4 Å². The predicted molar refractivity (Wildman–Crippen MR) is 78.2 cm³/mol. The SMILES string of the molecule is CCOc1ccc(NC(=O)c2cn(CC)nc2C)cc1. The zero-order chi connectivity index (χ0) is 14.5. The Morgan fingerprint density at radius 3 is 2.55 bits per heavy atom. The molecule has 5 heteroatoms. The molecular weight excluding hydrogens is 254 g/mol. The molecule has 1 heterocycles. The van der Waals surface area contributed by atoms with Crippen LogP contribution in [0.1, 0.15) is 29.9 Å². The molecule has 0 saturated heterocycles. The number of hydrogen-bond donors (Lipinski definition) is 1. The van der Waals surface area contributed by atoms with Crippen molar-refractivity contribution in [2.75, 3.05) is 11.9 Å². The van der Waals surface area contributed by atoms with Crippen molar-refractivity contribution < 1.29 is 9.53 Å². The van der Waals surface area contributed by atoms with E-state index in [4.69, 9.17) is 4.74 Å². The smallest absolute Gasteiger partial charge is 0.259 e. The third-order valence-corrected chi connectivity index (χ3v) is 2.94. The Morgan fingerprint density at radius 2 is 2.00 bits per heavy atom. The predicted octanol–water partition coefficient (Wildman–Crippen LogP) is 2.86. The number of nitrogens with zero attached hydrogens (tertiary/aromatic N) is 2. The number of amides is 1. The van der Waals surface area contributed by atoms with E-state index in [-0.39, 0.29) is 5.91 Å². The molecule has 0 fully saturated rings. The third-order valence-electron chi connectivity index (χ3n) is 2.94. The van der Waals surface area contributed by atoms with Crippen LogP contribution in [0.2, 0.25) is 0 Å². The first-order chi connectivity index (χ1) is 9.63. The lowest BCUT2D eigenvalue weighted by Gasteiger charge is -2.06. The standard InChI is InChI=1S/C15H19N3O2/c1-4-18-10-14(11(3)17-18)15(19)16-12-6-8-13(9-7-12)20-5-2/h6-10H,4-5H2,1-3H3,(H,16,19). The van der Waals surface area contributed by atoms with Gasteiger partial charge in [0, 0.05) is 18.4 Å². The molecule has 1 amide bonds. The molecular formula is C15H19N3O2. The maximum atomic E-state index is 12.2. The highest BCUT2D eigenvalue weighted by Crippen LogP contribution is 2.17. The summed E-state index contributed by atoms with van der Waals surface area (Å²) >= 11 is 0. The van der Waals surface area contributed by atoms with Crippen molar-refractivity contribution in [3.63, 3.8) is 0 Å². The maximum Gasteiger partial charge on any atom is 0.259 e. The number of carbonyl (C=O) groups excluding carboxylic acids is 1. The average molecular weight is 273 g/mol. The monoisotopic (exact) mass is 273 g/mol. The molecule has 0 aliphatic rings. The number of hydrogen-bond acceptors (Lipinski definition) is 3. The van der Waals surface area contributed by atoms with Gasteiger partial charge >= 0.3 is 0 Å². The molecule has 1 aromatic heterocycles. The highest BCUT2D eigenvalue weighted by atomic mass is 16.5. The largest absolute Gasteiger partial charge is 0.494 e. The summed E-state index contributed by atoms with van der Waals surface area (Å²) in [6.07, 6.45) is 1.76. The van der Waals surface area contributed by atoms with Crippen LogP contribution < -0.4 is 10.1 Å². The quantitative estimate of drug-likeness (QED) is 0.911. The van der Waals surface area contributed by atoms with Crippen LogP contribution in [-0.2, 0) is 6.54 Å². The topological polar surface area (TPSA) is 56.1 Å². The lowest BCUT2D eigenvalue weighted by molar-refractivity contribution is 0.102. The highest BCUT2D eigenvalue weighted by molar-refractivity contribution is 6.04. The first kappa shape index (κ1) is 14.1. The average Bonchev–Trinajstić information content (AvgIpc) is 2.83. The number of aryl methyl sites for hydroxylation is 2. The molecule has 5 nitrogen and oxygen atoms in total. The Labute approximate surface area is 118 Å². The van der Waals surface area contributed by atoms with Gasteiger partial charge < -0.3 is 10.1 Å². The van der Waals surface area contributed by atoms with Crippen molar-refractivity contribution in [3.8, 4) is 5.75 Å². The molecule has 106 valence electrons.